The first-order chi connectivity index (χ1) is 9.72. The van der Waals surface area contributed by atoms with Crippen LogP contribution in [0.4, 0.5) is 0 Å². The highest BCUT2D eigenvalue weighted by Gasteiger charge is 1.96. The molecule has 1 aromatic carbocycles. The molecule has 0 bridgehead atoms. The summed E-state index contributed by atoms with van der Waals surface area (Å²) in [6.45, 7) is 1.92. The fourth-order valence-corrected chi connectivity index (χ4v) is 2.35. The molecule has 3 nitrogen and oxygen atoms in total. The molecular weight excluding hydrogens is 270 g/mol. The van der Waals surface area contributed by atoms with Gasteiger partial charge in [-0.1, -0.05) is 17.9 Å². The van der Waals surface area contributed by atoms with Crippen molar-refractivity contribution in [3.05, 3.63) is 29.8 Å². The molecule has 0 unspecified atom stereocenters. The van der Waals surface area contributed by atoms with Crippen molar-refractivity contribution in [2.45, 2.75) is 6.42 Å². The summed E-state index contributed by atoms with van der Waals surface area (Å²) in [4.78, 5) is 2.18. The van der Waals surface area contributed by atoms with Crippen LogP contribution in [0.2, 0.25) is 0 Å². The summed E-state index contributed by atoms with van der Waals surface area (Å²) in [5.41, 5.74) is 0.927. The van der Waals surface area contributed by atoms with Crippen LogP contribution in [-0.2, 0) is 0 Å². The zero-order chi connectivity index (χ0) is 14.6. The molecule has 0 aliphatic heterocycles. The minimum Gasteiger partial charge on any atom is -0.493 e. The van der Waals surface area contributed by atoms with Crippen molar-refractivity contribution < 1.29 is 9.84 Å². The van der Waals surface area contributed by atoms with E-state index < -0.39 is 0 Å². The Balaban J connectivity index is 2.27. The summed E-state index contributed by atoms with van der Waals surface area (Å²) in [6.07, 6.45) is 0.508. The predicted octanol–water partition coefficient (Wildman–Crippen LogP) is 2.09. The lowest BCUT2D eigenvalue weighted by molar-refractivity contribution is 0.305. The number of benzene rings is 1. The van der Waals surface area contributed by atoms with Gasteiger partial charge < -0.3 is 14.7 Å². The number of hydrogen-bond donors (Lipinski definition) is 1. The van der Waals surface area contributed by atoms with Gasteiger partial charge in [-0.3, -0.25) is 0 Å². The number of rotatable bonds is 8. The van der Waals surface area contributed by atoms with Crippen molar-refractivity contribution in [3.8, 4) is 17.6 Å². The topological polar surface area (TPSA) is 32.7 Å². The second-order valence-corrected chi connectivity index (χ2v) is 5.79. The predicted molar refractivity (Wildman–Crippen MR) is 86.4 cm³/mol. The van der Waals surface area contributed by atoms with E-state index in [1.165, 1.54) is 0 Å². The van der Waals surface area contributed by atoms with E-state index in [0.29, 0.717) is 13.0 Å². The zero-order valence-electron chi connectivity index (χ0n) is 12.3. The van der Waals surface area contributed by atoms with Gasteiger partial charge in [-0.25, -0.2) is 0 Å². The van der Waals surface area contributed by atoms with Crippen molar-refractivity contribution in [1.82, 2.24) is 4.90 Å². The largest absolute Gasteiger partial charge is 0.493 e. The number of aliphatic hydroxyl groups is 1. The second kappa shape index (κ2) is 10.6. The Bertz CT molecular complexity index is 438. The quantitative estimate of drug-likeness (QED) is 0.588. The molecule has 1 N–H and O–H groups in total. The Morgan fingerprint density at radius 2 is 2.15 bits per heavy atom. The maximum Gasteiger partial charge on any atom is 0.120 e. The Labute approximate surface area is 126 Å². The third-order valence-corrected chi connectivity index (χ3v) is 3.41. The Morgan fingerprint density at radius 1 is 1.30 bits per heavy atom. The number of aliphatic hydroxyl groups excluding tert-OH is 1. The molecule has 0 amide bonds. The molecule has 0 aromatic heterocycles. The van der Waals surface area contributed by atoms with Crippen molar-refractivity contribution in [2.75, 3.05) is 45.4 Å². The van der Waals surface area contributed by atoms with Gasteiger partial charge in [0, 0.05) is 30.0 Å². The monoisotopic (exact) mass is 293 g/mol. The molecule has 1 aromatic rings. The van der Waals surface area contributed by atoms with Crippen LogP contribution < -0.4 is 4.74 Å². The molecule has 0 saturated carbocycles. The Kier molecular flexibility index (Phi) is 8.97. The molecule has 20 heavy (non-hydrogen) atoms. The molecule has 1 rings (SSSR count). The number of nitrogens with zero attached hydrogens (tertiary/aromatic N) is 1. The molecule has 0 fully saturated rings. The molecule has 0 radical (unpaired) electrons. The fourth-order valence-electron chi connectivity index (χ4n) is 1.45. The van der Waals surface area contributed by atoms with Gasteiger partial charge in [-0.15, -0.1) is 0 Å². The van der Waals surface area contributed by atoms with Gasteiger partial charge in [-0.2, -0.15) is 11.8 Å². The van der Waals surface area contributed by atoms with Crippen LogP contribution in [0.3, 0.4) is 0 Å². The van der Waals surface area contributed by atoms with Gasteiger partial charge in [0.1, 0.15) is 5.75 Å². The lowest BCUT2D eigenvalue weighted by Crippen LogP contribution is -2.15. The van der Waals surface area contributed by atoms with E-state index in [2.05, 4.69) is 30.8 Å². The maximum atomic E-state index is 8.69. The van der Waals surface area contributed by atoms with Crippen LogP contribution in [0.25, 0.3) is 0 Å². The SMILES string of the molecule is CN(C)CCSCCOc1cccc(C#CCCO)c1. The first-order valence-corrected chi connectivity index (χ1v) is 7.93. The van der Waals surface area contributed by atoms with Crippen molar-refractivity contribution in [2.24, 2.45) is 0 Å². The number of hydrogen-bond acceptors (Lipinski definition) is 4. The molecule has 0 aliphatic carbocycles. The molecular formula is C16H23NO2S. The van der Waals surface area contributed by atoms with E-state index in [4.69, 9.17) is 9.84 Å². The zero-order valence-corrected chi connectivity index (χ0v) is 13.1. The van der Waals surface area contributed by atoms with E-state index in [-0.39, 0.29) is 6.61 Å². The van der Waals surface area contributed by atoms with Crippen molar-refractivity contribution in [3.63, 3.8) is 0 Å². The Morgan fingerprint density at radius 3 is 2.90 bits per heavy atom. The third-order valence-electron chi connectivity index (χ3n) is 2.48. The summed E-state index contributed by atoms with van der Waals surface area (Å²) >= 11 is 1.90. The number of ether oxygens (including phenoxy) is 1. The van der Waals surface area contributed by atoms with E-state index in [0.717, 1.165) is 29.4 Å². The summed E-state index contributed by atoms with van der Waals surface area (Å²) in [5.74, 6) is 8.90. The molecule has 4 heteroatoms. The van der Waals surface area contributed by atoms with Crippen molar-refractivity contribution in [1.29, 1.82) is 0 Å². The van der Waals surface area contributed by atoms with Crippen LogP contribution in [0.5, 0.6) is 5.75 Å². The maximum absolute atomic E-state index is 8.69. The van der Waals surface area contributed by atoms with Gasteiger partial charge in [0.2, 0.25) is 0 Å². The highest BCUT2D eigenvalue weighted by atomic mass is 32.2. The molecule has 0 atom stereocenters. The molecule has 110 valence electrons. The normalized spacial score (nSPS) is 10.2. The first kappa shape index (κ1) is 16.9. The summed E-state index contributed by atoms with van der Waals surface area (Å²) in [6, 6.07) is 7.77. The third kappa shape index (κ3) is 8.11. The summed E-state index contributed by atoms with van der Waals surface area (Å²) in [5, 5.41) is 8.69. The van der Waals surface area contributed by atoms with Crippen LogP contribution in [0, 0.1) is 11.8 Å². The smallest absolute Gasteiger partial charge is 0.120 e. The van der Waals surface area contributed by atoms with Gasteiger partial charge in [0.05, 0.1) is 13.2 Å². The molecule has 0 spiro atoms. The van der Waals surface area contributed by atoms with E-state index in [1.54, 1.807) is 0 Å². The lowest BCUT2D eigenvalue weighted by Gasteiger charge is -2.09. The van der Waals surface area contributed by atoms with Gasteiger partial charge >= 0.3 is 0 Å². The second-order valence-electron chi connectivity index (χ2n) is 4.57. The lowest BCUT2D eigenvalue weighted by atomic mass is 10.2. The summed E-state index contributed by atoms with van der Waals surface area (Å²) in [7, 11) is 4.17. The van der Waals surface area contributed by atoms with Gasteiger partial charge in [0.15, 0.2) is 0 Å². The highest BCUT2D eigenvalue weighted by molar-refractivity contribution is 7.99. The summed E-state index contributed by atoms with van der Waals surface area (Å²) < 4.78 is 5.71. The molecule has 0 saturated heterocycles. The van der Waals surface area contributed by atoms with Crippen LogP contribution in [0.1, 0.15) is 12.0 Å². The van der Waals surface area contributed by atoms with E-state index >= 15 is 0 Å². The molecule has 0 heterocycles. The fraction of sp³-hybridized carbons (Fsp3) is 0.500. The average molecular weight is 293 g/mol. The highest BCUT2D eigenvalue weighted by Crippen LogP contribution is 2.13. The van der Waals surface area contributed by atoms with E-state index in [9.17, 15) is 0 Å². The van der Waals surface area contributed by atoms with Gasteiger partial charge in [-0.05, 0) is 32.3 Å². The van der Waals surface area contributed by atoms with Gasteiger partial charge in [0.25, 0.3) is 0 Å². The first-order valence-electron chi connectivity index (χ1n) is 6.77. The van der Waals surface area contributed by atoms with E-state index in [1.807, 2.05) is 36.0 Å². The average Bonchev–Trinajstić information content (AvgIpc) is 2.43. The van der Waals surface area contributed by atoms with Crippen LogP contribution >= 0.6 is 11.8 Å². The number of thioether (sulfide) groups is 1. The molecule has 0 aliphatic rings. The minimum atomic E-state index is 0.105. The Hall–Kier alpha value is -1.15. The minimum absolute atomic E-state index is 0.105. The van der Waals surface area contributed by atoms with Crippen LogP contribution in [0.15, 0.2) is 24.3 Å². The van der Waals surface area contributed by atoms with Crippen molar-refractivity contribution >= 4 is 11.8 Å². The van der Waals surface area contributed by atoms with Crippen LogP contribution in [-0.4, -0.2) is 55.4 Å². The standard InChI is InChI=1S/C16H23NO2S/c1-17(2)9-12-20-13-11-19-16-8-5-7-15(14-16)6-3-4-10-18/h5,7-8,14,18H,4,9-13H2,1-2H3.